The van der Waals surface area contributed by atoms with Crippen LogP contribution in [-0.2, 0) is 9.53 Å². The highest BCUT2D eigenvalue weighted by Crippen LogP contribution is 2.44. The summed E-state index contributed by atoms with van der Waals surface area (Å²) in [4.78, 5) is 26.6. The van der Waals surface area contributed by atoms with Crippen molar-refractivity contribution >= 4 is 12.0 Å². The lowest BCUT2D eigenvalue weighted by Gasteiger charge is -2.45. The average Bonchev–Trinajstić information content (AvgIpc) is 2.54. The molecule has 0 saturated carbocycles. The number of ether oxygens (including phenoxy) is 2. The Balaban J connectivity index is 2.17. The number of amides is 2. The summed E-state index contributed by atoms with van der Waals surface area (Å²) in [5, 5.41) is 2.75. The minimum absolute atomic E-state index is 0.262. The van der Waals surface area contributed by atoms with Crippen LogP contribution in [-0.4, -0.2) is 29.7 Å². The van der Waals surface area contributed by atoms with E-state index in [4.69, 9.17) is 9.47 Å². The monoisotopic (exact) mass is 316 g/mol. The highest BCUT2D eigenvalue weighted by Gasteiger charge is 2.46. The van der Waals surface area contributed by atoms with Gasteiger partial charge in [-0.15, -0.1) is 0 Å². The van der Waals surface area contributed by atoms with Crippen LogP contribution in [0.1, 0.15) is 38.8 Å². The number of allylic oxidation sites excluding steroid dienone is 1. The van der Waals surface area contributed by atoms with Gasteiger partial charge in [0.2, 0.25) is 0 Å². The van der Waals surface area contributed by atoms with Gasteiger partial charge in [-0.1, -0.05) is 25.1 Å². The molecule has 122 valence electrons. The van der Waals surface area contributed by atoms with E-state index in [2.05, 4.69) is 5.32 Å². The van der Waals surface area contributed by atoms with E-state index >= 15 is 0 Å². The van der Waals surface area contributed by atoms with Gasteiger partial charge < -0.3 is 14.8 Å². The van der Waals surface area contributed by atoms with Crippen LogP contribution in [0.2, 0.25) is 0 Å². The fraction of sp³-hybridized carbons (Fsp3) is 0.412. The Labute approximate surface area is 135 Å². The van der Waals surface area contributed by atoms with Crippen LogP contribution in [0.25, 0.3) is 0 Å². The molecule has 3 rings (SSSR count). The Bertz CT molecular complexity index is 683. The average molecular weight is 316 g/mol. The largest absolute Gasteiger partial charge is 0.470 e. The molecule has 0 bridgehead atoms. The zero-order chi connectivity index (χ0) is 16.6. The van der Waals surface area contributed by atoms with Gasteiger partial charge in [0.1, 0.15) is 11.8 Å². The molecule has 0 aromatic heterocycles. The maximum absolute atomic E-state index is 12.5. The van der Waals surface area contributed by atoms with Gasteiger partial charge in [0.25, 0.3) is 0 Å². The third-order valence-electron chi connectivity index (χ3n) is 4.12. The molecule has 6 heteroatoms. The zero-order valence-corrected chi connectivity index (χ0v) is 13.5. The van der Waals surface area contributed by atoms with Gasteiger partial charge in [-0.2, -0.15) is 0 Å². The number of hydrogen-bond donors (Lipinski definition) is 1. The van der Waals surface area contributed by atoms with Crippen molar-refractivity contribution in [1.29, 1.82) is 0 Å². The molecular formula is C17H20N2O4. The fourth-order valence-electron chi connectivity index (χ4n) is 3.13. The number of nitrogens with one attached hydrogen (secondary N) is 1. The number of nitrogens with zero attached hydrogens (tertiary/aromatic N) is 1. The van der Waals surface area contributed by atoms with Crippen molar-refractivity contribution in [3.63, 3.8) is 0 Å². The lowest BCUT2D eigenvalue weighted by molar-refractivity contribution is -0.140. The van der Waals surface area contributed by atoms with Crippen molar-refractivity contribution in [3.05, 3.63) is 41.1 Å². The van der Waals surface area contributed by atoms with Crippen molar-refractivity contribution in [3.8, 4) is 5.75 Å². The number of fused-ring (bicyclic) bond motifs is 3. The minimum atomic E-state index is -0.488. The number of esters is 1. The van der Waals surface area contributed by atoms with Crippen LogP contribution in [0, 0.1) is 0 Å². The zero-order valence-electron chi connectivity index (χ0n) is 13.5. The fourth-order valence-corrected chi connectivity index (χ4v) is 3.13. The van der Waals surface area contributed by atoms with E-state index in [1.54, 1.807) is 18.7 Å². The van der Waals surface area contributed by atoms with Crippen molar-refractivity contribution in [2.45, 2.75) is 39.5 Å². The molecule has 0 saturated heterocycles. The summed E-state index contributed by atoms with van der Waals surface area (Å²) in [6.07, 6.45) is 0.195. The second kappa shape index (κ2) is 5.95. The van der Waals surface area contributed by atoms with E-state index in [1.807, 2.05) is 31.2 Å². The Kier molecular flexibility index (Phi) is 3.98. The first-order valence-electron chi connectivity index (χ1n) is 7.81. The normalized spacial score (nSPS) is 22.7. The molecular weight excluding hydrogens is 296 g/mol. The van der Waals surface area contributed by atoms with Crippen LogP contribution in [0.5, 0.6) is 5.75 Å². The Morgan fingerprint density at radius 3 is 2.78 bits per heavy atom. The van der Waals surface area contributed by atoms with Crippen LogP contribution in [0.4, 0.5) is 4.79 Å². The molecule has 0 radical (unpaired) electrons. The maximum atomic E-state index is 12.5. The summed E-state index contributed by atoms with van der Waals surface area (Å²) < 4.78 is 11.1. The second-order valence-electron chi connectivity index (χ2n) is 5.52. The third kappa shape index (κ3) is 2.44. The number of benzene rings is 1. The Morgan fingerprint density at radius 2 is 2.09 bits per heavy atom. The van der Waals surface area contributed by atoms with Gasteiger partial charge in [-0.05, 0) is 19.9 Å². The molecule has 1 aromatic rings. The molecule has 2 unspecified atom stereocenters. The molecule has 6 nitrogen and oxygen atoms in total. The van der Waals surface area contributed by atoms with E-state index in [-0.39, 0.29) is 12.6 Å². The standard InChI is InChI=1S/C17H20N2O4/c1-4-13-19-15(11-8-6-7-9-12(11)23-13)14(16(20)22-5-2)10(3)18-17(19)21/h6-9,13,15H,4-5H2,1-3H3,(H,18,21). The van der Waals surface area contributed by atoms with Gasteiger partial charge in [-0.25, -0.2) is 9.59 Å². The summed E-state index contributed by atoms with van der Waals surface area (Å²) in [6.45, 7) is 5.71. The predicted octanol–water partition coefficient (Wildman–Crippen LogP) is 2.72. The van der Waals surface area contributed by atoms with Gasteiger partial charge in [-0.3, -0.25) is 4.90 Å². The number of carbonyl (C=O) groups is 2. The van der Waals surface area contributed by atoms with E-state index in [9.17, 15) is 9.59 Å². The predicted molar refractivity (Wildman–Crippen MR) is 83.6 cm³/mol. The molecule has 0 spiro atoms. The summed E-state index contributed by atoms with van der Waals surface area (Å²) >= 11 is 0. The smallest absolute Gasteiger partial charge is 0.338 e. The molecule has 2 aliphatic rings. The highest BCUT2D eigenvalue weighted by molar-refractivity contribution is 5.95. The second-order valence-corrected chi connectivity index (χ2v) is 5.52. The number of urea groups is 1. The highest BCUT2D eigenvalue weighted by atomic mass is 16.5. The lowest BCUT2D eigenvalue weighted by atomic mass is 9.91. The molecule has 0 fully saturated rings. The first kappa shape index (κ1) is 15.4. The van der Waals surface area contributed by atoms with Gasteiger partial charge in [0.15, 0.2) is 6.23 Å². The third-order valence-corrected chi connectivity index (χ3v) is 4.12. The molecule has 0 aliphatic carbocycles. The number of para-hydroxylation sites is 1. The van der Waals surface area contributed by atoms with Crippen LogP contribution < -0.4 is 10.1 Å². The molecule has 2 heterocycles. The van der Waals surface area contributed by atoms with Crippen molar-refractivity contribution < 1.29 is 19.1 Å². The van der Waals surface area contributed by atoms with E-state index in [0.29, 0.717) is 23.4 Å². The Hall–Kier alpha value is -2.50. The van der Waals surface area contributed by atoms with Crippen LogP contribution in [0.3, 0.4) is 0 Å². The quantitative estimate of drug-likeness (QED) is 0.871. The minimum Gasteiger partial charge on any atom is -0.470 e. The van der Waals surface area contributed by atoms with Crippen LogP contribution in [0.15, 0.2) is 35.5 Å². The molecule has 2 aliphatic heterocycles. The molecule has 1 aromatic carbocycles. The maximum Gasteiger partial charge on any atom is 0.338 e. The number of rotatable bonds is 3. The van der Waals surface area contributed by atoms with Gasteiger partial charge in [0.05, 0.1) is 12.2 Å². The first-order chi connectivity index (χ1) is 11.1. The number of hydrogen-bond acceptors (Lipinski definition) is 4. The van der Waals surface area contributed by atoms with E-state index in [0.717, 1.165) is 5.56 Å². The number of carbonyl (C=O) groups excluding carboxylic acids is 2. The van der Waals surface area contributed by atoms with Crippen LogP contribution >= 0.6 is 0 Å². The summed E-state index contributed by atoms with van der Waals surface area (Å²) in [5.41, 5.74) is 1.79. The molecule has 2 amide bonds. The summed E-state index contributed by atoms with van der Waals surface area (Å²) in [5.74, 6) is 0.288. The summed E-state index contributed by atoms with van der Waals surface area (Å²) in [7, 11) is 0. The van der Waals surface area contributed by atoms with E-state index < -0.39 is 18.2 Å². The molecule has 1 N–H and O–H groups in total. The van der Waals surface area contributed by atoms with Crippen molar-refractivity contribution in [1.82, 2.24) is 10.2 Å². The van der Waals surface area contributed by atoms with E-state index in [1.165, 1.54) is 0 Å². The molecule has 2 atom stereocenters. The molecule has 23 heavy (non-hydrogen) atoms. The van der Waals surface area contributed by atoms with Crippen molar-refractivity contribution in [2.75, 3.05) is 6.61 Å². The first-order valence-corrected chi connectivity index (χ1v) is 7.81. The lowest BCUT2D eigenvalue weighted by Crippen LogP contribution is -2.56. The Morgan fingerprint density at radius 1 is 1.35 bits per heavy atom. The van der Waals surface area contributed by atoms with Crippen molar-refractivity contribution in [2.24, 2.45) is 0 Å². The topological polar surface area (TPSA) is 67.9 Å². The van der Waals surface area contributed by atoms with Gasteiger partial charge in [0, 0.05) is 17.7 Å². The SMILES string of the molecule is CCOC(=O)C1=C(C)NC(=O)N2C(CC)Oc3ccccc3C12. The summed E-state index contributed by atoms with van der Waals surface area (Å²) in [6, 6.07) is 6.74. The van der Waals surface area contributed by atoms with Gasteiger partial charge >= 0.3 is 12.0 Å².